The van der Waals surface area contributed by atoms with Crippen molar-refractivity contribution in [1.82, 2.24) is 4.98 Å². The van der Waals surface area contributed by atoms with E-state index in [9.17, 15) is 0 Å². The van der Waals surface area contributed by atoms with Crippen molar-refractivity contribution in [3.05, 3.63) is 77.9 Å². The Morgan fingerprint density at radius 1 is 0.767 bits per heavy atom. The summed E-state index contributed by atoms with van der Waals surface area (Å²) in [5, 5.41) is 0. The molecular weight excluding hydrogens is 370 g/mol. The summed E-state index contributed by atoms with van der Waals surface area (Å²) < 4.78 is 12.4. The summed E-state index contributed by atoms with van der Waals surface area (Å²) in [6, 6.07) is 22.4. The molecule has 4 aromatic rings. The Morgan fingerprint density at radius 3 is 2.03 bits per heavy atom. The van der Waals surface area contributed by atoms with E-state index < -0.39 is 0 Å². The Labute approximate surface area is 178 Å². The van der Waals surface area contributed by atoms with Crippen molar-refractivity contribution in [2.45, 2.75) is 52.4 Å². The minimum absolute atomic E-state index is 0.0965. The van der Waals surface area contributed by atoms with Crippen LogP contribution in [0.3, 0.4) is 0 Å². The molecule has 1 aromatic heterocycles. The molecule has 154 valence electrons. The van der Waals surface area contributed by atoms with Crippen LogP contribution in [0.1, 0.15) is 52.7 Å². The van der Waals surface area contributed by atoms with Gasteiger partial charge in [0, 0.05) is 17.2 Å². The summed E-state index contributed by atoms with van der Waals surface area (Å²) in [6.07, 6.45) is 0. The van der Waals surface area contributed by atoms with Crippen molar-refractivity contribution in [2.75, 3.05) is 0 Å². The van der Waals surface area contributed by atoms with Crippen LogP contribution in [0.15, 0.2) is 71.1 Å². The predicted molar refractivity (Wildman–Crippen MR) is 123 cm³/mol. The van der Waals surface area contributed by atoms with Gasteiger partial charge in [-0.05, 0) is 46.7 Å². The van der Waals surface area contributed by atoms with Crippen molar-refractivity contribution in [3.8, 4) is 23.0 Å². The molecule has 0 saturated carbocycles. The number of aromatic nitrogens is 1. The molecule has 0 N–H and O–H groups in total. The fraction of sp³-hybridized carbons (Fsp3) is 0.296. The van der Waals surface area contributed by atoms with Crippen LogP contribution in [-0.2, 0) is 10.8 Å². The van der Waals surface area contributed by atoms with Gasteiger partial charge in [0.25, 0.3) is 0 Å². The molecule has 0 aliphatic carbocycles. The normalized spacial score (nSPS) is 12.3. The second kappa shape index (κ2) is 7.32. The van der Waals surface area contributed by atoms with Crippen LogP contribution in [0.4, 0.5) is 0 Å². The van der Waals surface area contributed by atoms with Gasteiger partial charge in [0.2, 0.25) is 5.89 Å². The summed E-state index contributed by atoms with van der Waals surface area (Å²) >= 11 is 0. The lowest BCUT2D eigenvalue weighted by molar-refractivity contribution is 0.454. The average Bonchev–Trinajstić information content (AvgIpc) is 3.10. The van der Waals surface area contributed by atoms with E-state index in [-0.39, 0.29) is 10.8 Å². The minimum atomic E-state index is -0.0965. The topological polar surface area (TPSA) is 35.3 Å². The highest BCUT2D eigenvalue weighted by atomic mass is 16.5. The van der Waals surface area contributed by atoms with E-state index in [0.29, 0.717) is 5.89 Å². The van der Waals surface area contributed by atoms with Crippen LogP contribution in [0, 0.1) is 0 Å². The molecule has 0 saturated heterocycles. The quantitative estimate of drug-likeness (QED) is 0.351. The van der Waals surface area contributed by atoms with Gasteiger partial charge in [0.15, 0.2) is 5.58 Å². The molecule has 0 unspecified atom stereocenters. The van der Waals surface area contributed by atoms with E-state index in [1.165, 1.54) is 5.56 Å². The second-order valence-corrected chi connectivity index (χ2v) is 9.83. The third kappa shape index (κ3) is 4.11. The van der Waals surface area contributed by atoms with Gasteiger partial charge in [0.05, 0.1) is 0 Å². The van der Waals surface area contributed by atoms with Crippen molar-refractivity contribution < 1.29 is 9.15 Å². The van der Waals surface area contributed by atoms with Gasteiger partial charge in [-0.1, -0.05) is 71.9 Å². The summed E-state index contributed by atoms with van der Waals surface area (Å²) in [6.45, 7) is 13.2. The second-order valence-electron chi connectivity index (χ2n) is 9.83. The van der Waals surface area contributed by atoms with Crippen LogP contribution in [-0.4, -0.2) is 4.98 Å². The molecule has 3 nitrogen and oxygen atoms in total. The number of ether oxygens (including phenoxy) is 1. The maximum absolute atomic E-state index is 6.34. The predicted octanol–water partition coefficient (Wildman–Crippen LogP) is 7.88. The summed E-state index contributed by atoms with van der Waals surface area (Å²) in [5.74, 6) is 2.24. The molecule has 1 heterocycles. The van der Waals surface area contributed by atoms with Crippen LogP contribution in [0.2, 0.25) is 0 Å². The van der Waals surface area contributed by atoms with Gasteiger partial charge in [-0.2, -0.15) is 0 Å². The number of oxazole rings is 1. The zero-order chi connectivity index (χ0) is 21.5. The van der Waals surface area contributed by atoms with Gasteiger partial charge in [-0.15, -0.1) is 0 Å². The van der Waals surface area contributed by atoms with E-state index >= 15 is 0 Å². The van der Waals surface area contributed by atoms with Gasteiger partial charge in [-0.25, -0.2) is 4.98 Å². The third-order valence-corrected chi connectivity index (χ3v) is 5.27. The summed E-state index contributed by atoms with van der Waals surface area (Å²) in [5.41, 5.74) is 4.93. The number of rotatable bonds is 3. The number of nitrogens with zero attached hydrogens (tertiary/aromatic N) is 1. The monoisotopic (exact) mass is 399 g/mol. The Bertz CT molecular complexity index is 1160. The molecule has 30 heavy (non-hydrogen) atoms. The summed E-state index contributed by atoms with van der Waals surface area (Å²) in [4.78, 5) is 4.72. The number of fused-ring (bicyclic) bond motifs is 1. The maximum Gasteiger partial charge on any atom is 0.227 e. The van der Waals surface area contributed by atoms with Crippen molar-refractivity contribution in [1.29, 1.82) is 0 Å². The molecule has 0 spiro atoms. The Morgan fingerprint density at radius 2 is 1.43 bits per heavy atom. The van der Waals surface area contributed by atoms with E-state index in [0.717, 1.165) is 33.7 Å². The first-order chi connectivity index (χ1) is 14.1. The lowest BCUT2D eigenvalue weighted by Crippen LogP contribution is -2.13. The maximum atomic E-state index is 6.34. The van der Waals surface area contributed by atoms with Crippen molar-refractivity contribution >= 4 is 11.1 Å². The van der Waals surface area contributed by atoms with E-state index in [4.69, 9.17) is 14.1 Å². The highest BCUT2D eigenvalue weighted by molar-refractivity contribution is 5.79. The van der Waals surface area contributed by atoms with Crippen LogP contribution in [0.25, 0.3) is 22.6 Å². The highest BCUT2D eigenvalue weighted by Crippen LogP contribution is 2.39. The zero-order valence-corrected chi connectivity index (χ0v) is 18.6. The molecule has 4 rings (SSSR count). The SMILES string of the molecule is CC(C)(C)c1ccc(Oc2cc3oc(-c4ccccc4)nc3cc2C(C)(C)C)cc1. The Balaban J connectivity index is 1.76. The molecule has 3 aromatic carbocycles. The first kappa shape index (κ1) is 20.2. The number of hydrogen-bond donors (Lipinski definition) is 0. The first-order valence-corrected chi connectivity index (χ1v) is 10.4. The molecule has 3 heteroatoms. The van der Waals surface area contributed by atoms with Crippen molar-refractivity contribution in [2.24, 2.45) is 0 Å². The van der Waals surface area contributed by atoms with E-state index in [1.807, 2.05) is 48.5 Å². The lowest BCUT2D eigenvalue weighted by atomic mass is 9.86. The number of hydrogen-bond acceptors (Lipinski definition) is 3. The Kier molecular flexibility index (Phi) is 4.93. The van der Waals surface area contributed by atoms with Crippen LogP contribution >= 0.6 is 0 Å². The van der Waals surface area contributed by atoms with Crippen LogP contribution < -0.4 is 4.74 Å². The minimum Gasteiger partial charge on any atom is -0.457 e. The molecule has 0 aliphatic rings. The van der Waals surface area contributed by atoms with E-state index in [1.54, 1.807) is 0 Å². The third-order valence-electron chi connectivity index (χ3n) is 5.27. The standard InChI is InChI=1S/C27H29NO2/c1-26(2,3)19-12-14-20(15-13-19)29-23-17-24-22(16-21(23)27(4,5)6)28-25(30-24)18-10-8-7-9-11-18/h7-17H,1-6H3. The molecule has 0 atom stereocenters. The smallest absolute Gasteiger partial charge is 0.227 e. The zero-order valence-electron chi connectivity index (χ0n) is 18.6. The first-order valence-electron chi connectivity index (χ1n) is 10.4. The van der Waals surface area contributed by atoms with Gasteiger partial charge in [-0.3, -0.25) is 0 Å². The fourth-order valence-electron chi connectivity index (χ4n) is 3.48. The molecule has 0 radical (unpaired) electrons. The highest BCUT2D eigenvalue weighted by Gasteiger charge is 2.23. The van der Waals surface area contributed by atoms with Crippen LogP contribution in [0.5, 0.6) is 11.5 Å². The van der Waals surface area contributed by atoms with Crippen molar-refractivity contribution in [3.63, 3.8) is 0 Å². The largest absolute Gasteiger partial charge is 0.457 e. The molecule has 0 fully saturated rings. The van der Waals surface area contributed by atoms with Gasteiger partial charge < -0.3 is 9.15 Å². The van der Waals surface area contributed by atoms with E-state index in [2.05, 4.69) is 59.7 Å². The fourth-order valence-corrected chi connectivity index (χ4v) is 3.48. The summed E-state index contributed by atoms with van der Waals surface area (Å²) in [7, 11) is 0. The molecule has 0 aliphatic heterocycles. The molecule has 0 amide bonds. The Hall–Kier alpha value is -3.07. The average molecular weight is 400 g/mol. The number of benzene rings is 3. The van der Waals surface area contributed by atoms with Gasteiger partial charge >= 0.3 is 0 Å². The lowest BCUT2D eigenvalue weighted by Gasteiger charge is -2.23. The molecule has 0 bridgehead atoms. The molecular formula is C27H29NO2. The van der Waals surface area contributed by atoms with Gasteiger partial charge in [0.1, 0.15) is 17.0 Å².